The number of likely N-dealkylation sites (tertiary alicyclic amines) is 1. The first-order valence-electron chi connectivity index (χ1n) is 7.58. The molecule has 1 aliphatic rings. The Kier molecular flexibility index (Phi) is 5.80. The van der Waals surface area contributed by atoms with Crippen LogP contribution < -0.4 is 5.32 Å². The maximum absolute atomic E-state index is 4.42. The normalized spacial score (nSPS) is 18.4. The lowest BCUT2D eigenvalue weighted by Gasteiger charge is -2.29. The van der Waals surface area contributed by atoms with Crippen molar-refractivity contribution in [3.8, 4) is 0 Å². The molecule has 1 saturated heterocycles. The van der Waals surface area contributed by atoms with Crippen molar-refractivity contribution in [1.29, 1.82) is 0 Å². The predicted molar refractivity (Wildman–Crippen MR) is 80.1 cm³/mol. The van der Waals surface area contributed by atoms with Crippen molar-refractivity contribution in [2.75, 3.05) is 26.2 Å². The number of nitrogens with one attached hydrogen (secondary N) is 1. The van der Waals surface area contributed by atoms with E-state index in [4.69, 9.17) is 0 Å². The summed E-state index contributed by atoms with van der Waals surface area (Å²) < 4.78 is 0. The first-order chi connectivity index (χ1) is 9.24. The molecule has 0 radical (unpaired) electrons. The van der Waals surface area contributed by atoms with Gasteiger partial charge in [0.1, 0.15) is 0 Å². The van der Waals surface area contributed by atoms with Crippen molar-refractivity contribution in [3.63, 3.8) is 0 Å². The van der Waals surface area contributed by atoms with Gasteiger partial charge in [0.25, 0.3) is 0 Å². The van der Waals surface area contributed by atoms with Crippen molar-refractivity contribution in [1.82, 2.24) is 15.2 Å². The summed E-state index contributed by atoms with van der Waals surface area (Å²) in [6.45, 7) is 10.2. The molecule has 0 spiro atoms. The average molecular weight is 261 g/mol. The van der Waals surface area contributed by atoms with Gasteiger partial charge in [-0.05, 0) is 56.9 Å². The lowest BCUT2D eigenvalue weighted by molar-refractivity contribution is 0.199. The molecule has 3 nitrogen and oxygen atoms in total. The Labute approximate surface area is 117 Å². The van der Waals surface area contributed by atoms with E-state index >= 15 is 0 Å². The maximum atomic E-state index is 4.42. The maximum Gasteiger partial charge on any atom is 0.0541 e. The quantitative estimate of drug-likeness (QED) is 0.853. The summed E-state index contributed by atoms with van der Waals surface area (Å²) in [7, 11) is 0. The van der Waals surface area contributed by atoms with Crippen molar-refractivity contribution in [3.05, 3.63) is 29.6 Å². The van der Waals surface area contributed by atoms with Crippen LogP contribution in [0.2, 0.25) is 0 Å². The molecule has 1 aromatic heterocycles. The highest BCUT2D eigenvalue weighted by Crippen LogP contribution is 2.10. The van der Waals surface area contributed by atoms with Crippen molar-refractivity contribution in [2.45, 2.75) is 39.7 Å². The van der Waals surface area contributed by atoms with Crippen LogP contribution in [0.3, 0.4) is 0 Å². The number of hydrogen-bond donors (Lipinski definition) is 1. The zero-order valence-electron chi connectivity index (χ0n) is 12.4. The minimum atomic E-state index is 0.712. The zero-order valence-corrected chi connectivity index (χ0v) is 12.4. The standard InChI is InChI=1S/C16H27N3/c1-14-6-7-16(18-11-14)12-17-10-15(2)13-19-8-4-3-5-9-19/h6-7,11,15,17H,3-5,8-10,12-13H2,1-2H3. The van der Waals surface area contributed by atoms with Gasteiger partial charge in [0, 0.05) is 19.3 Å². The SMILES string of the molecule is Cc1ccc(CNCC(C)CN2CCCCC2)nc1. The lowest BCUT2D eigenvalue weighted by atomic mass is 10.1. The van der Waals surface area contributed by atoms with Crippen LogP contribution in [-0.4, -0.2) is 36.1 Å². The Hall–Kier alpha value is -0.930. The summed E-state index contributed by atoms with van der Waals surface area (Å²) in [5.41, 5.74) is 2.36. The van der Waals surface area contributed by atoms with Gasteiger partial charge < -0.3 is 10.2 Å². The van der Waals surface area contributed by atoms with Gasteiger partial charge in [-0.3, -0.25) is 4.98 Å². The minimum Gasteiger partial charge on any atom is -0.311 e. The molecule has 2 rings (SSSR count). The van der Waals surface area contributed by atoms with Gasteiger partial charge in [-0.1, -0.05) is 19.4 Å². The molecule has 1 aromatic rings. The fourth-order valence-corrected chi connectivity index (χ4v) is 2.70. The average Bonchev–Trinajstić information content (AvgIpc) is 2.42. The Morgan fingerprint density at radius 1 is 1.26 bits per heavy atom. The Bertz CT molecular complexity index is 355. The summed E-state index contributed by atoms with van der Waals surface area (Å²) in [6.07, 6.45) is 6.12. The van der Waals surface area contributed by atoms with Gasteiger partial charge in [0.15, 0.2) is 0 Å². The number of nitrogens with zero attached hydrogens (tertiary/aromatic N) is 2. The fourth-order valence-electron chi connectivity index (χ4n) is 2.70. The second-order valence-corrected chi connectivity index (χ2v) is 5.92. The third-order valence-electron chi connectivity index (χ3n) is 3.79. The van der Waals surface area contributed by atoms with E-state index in [-0.39, 0.29) is 0 Å². The smallest absolute Gasteiger partial charge is 0.0541 e. The van der Waals surface area contributed by atoms with Crippen molar-refractivity contribution in [2.24, 2.45) is 5.92 Å². The van der Waals surface area contributed by atoms with E-state index in [9.17, 15) is 0 Å². The topological polar surface area (TPSA) is 28.2 Å². The van der Waals surface area contributed by atoms with Crippen LogP contribution in [0.1, 0.15) is 37.4 Å². The minimum absolute atomic E-state index is 0.712. The van der Waals surface area contributed by atoms with E-state index in [2.05, 4.69) is 41.2 Å². The van der Waals surface area contributed by atoms with Gasteiger partial charge in [0.05, 0.1) is 5.69 Å². The first-order valence-corrected chi connectivity index (χ1v) is 7.58. The van der Waals surface area contributed by atoms with Crippen LogP contribution >= 0.6 is 0 Å². The molecule has 1 fully saturated rings. The van der Waals surface area contributed by atoms with Crippen LogP contribution in [0.25, 0.3) is 0 Å². The third-order valence-corrected chi connectivity index (χ3v) is 3.79. The van der Waals surface area contributed by atoms with Gasteiger partial charge >= 0.3 is 0 Å². The molecule has 2 heterocycles. The van der Waals surface area contributed by atoms with E-state index in [1.165, 1.54) is 44.5 Å². The van der Waals surface area contributed by atoms with E-state index in [0.717, 1.165) is 18.8 Å². The molecule has 106 valence electrons. The van der Waals surface area contributed by atoms with Crippen molar-refractivity contribution < 1.29 is 0 Å². The lowest BCUT2D eigenvalue weighted by Crippen LogP contribution is -2.36. The first kappa shape index (κ1) is 14.5. The summed E-state index contributed by atoms with van der Waals surface area (Å²) in [6, 6.07) is 4.23. The predicted octanol–water partition coefficient (Wildman–Crippen LogP) is 2.60. The van der Waals surface area contributed by atoms with E-state index in [1.807, 2.05) is 6.20 Å². The van der Waals surface area contributed by atoms with E-state index in [1.54, 1.807) is 0 Å². The molecular formula is C16H27N3. The summed E-state index contributed by atoms with van der Waals surface area (Å²) in [4.78, 5) is 7.03. The summed E-state index contributed by atoms with van der Waals surface area (Å²) in [5, 5.41) is 3.52. The number of hydrogen-bond acceptors (Lipinski definition) is 3. The van der Waals surface area contributed by atoms with Crippen LogP contribution in [0.4, 0.5) is 0 Å². The highest BCUT2D eigenvalue weighted by atomic mass is 15.1. The molecule has 0 aliphatic carbocycles. The molecular weight excluding hydrogens is 234 g/mol. The van der Waals surface area contributed by atoms with Crippen LogP contribution in [0.5, 0.6) is 0 Å². The number of piperidine rings is 1. The zero-order chi connectivity index (χ0) is 13.5. The molecule has 3 heteroatoms. The van der Waals surface area contributed by atoms with Gasteiger partial charge in [-0.2, -0.15) is 0 Å². The Morgan fingerprint density at radius 2 is 2.05 bits per heavy atom. The molecule has 0 bridgehead atoms. The summed E-state index contributed by atoms with van der Waals surface area (Å²) >= 11 is 0. The molecule has 19 heavy (non-hydrogen) atoms. The molecule has 1 N–H and O–H groups in total. The summed E-state index contributed by atoms with van der Waals surface area (Å²) in [5.74, 6) is 0.712. The number of aromatic nitrogens is 1. The number of aryl methyl sites for hydroxylation is 1. The molecule has 1 atom stereocenters. The highest BCUT2D eigenvalue weighted by molar-refractivity contribution is 5.11. The van der Waals surface area contributed by atoms with Gasteiger partial charge in [-0.15, -0.1) is 0 Å². The van der Waals surface area contributed by atoms with E-state index in [0.29, 0.717) is 5.92 Å². The van der Waals surface area contributed by atoms with Gasteiger partial charge in [-0.25, -0.2) is 0 Å². The van der Waals surface area contributed by atoms with Crippen molar-refractivity contribution >= 4 is 0 Å². The Balaban J connectivity index is 1.63. The molecule has 1 unspecified atom stereocenters. The molecule has 1 aliphatic heterocycles. The molecule has 0 saturated carbocycles. The van der Waals surface area contributed by atoms with Gasteiger partial charge in [0.2, 0.25) is 0 Å². The largest absolute Gasteiger partial charge is 0.311 e. The monoisotopic (exact) mass is 261 g/mol. The van der Waals surface area contributed by atoms with Crippen LogP contribution in [-0.2, 0) is 6.54 Å². The second kappa shape index (κ2) is 7.61. The number of pyridine rings is 1. The van der Waals surface area contributed by atoms with E-state index < -0.39 is 0 Å². The number of rotatable bonds is 6. The molecule has 0 amide bonds. The highest BCUT2D eigenvalue weighted by Gasteiger charge is 2.12. The Morgan fingerprint density at radius 3 is 2.74 bits per heavy atom. The van der Waals surface area contributed by atoms with Crippen LogP contribution in [0, 0.1) is 12.8 Å². The fraction of sp³-hybridized carbons (Fsp3) is 0.688. The molecule has 0 aromatic carbocycles. The van der Waals surface area contributed by atoms with Crippen LogP contribution in [0.15, 0.2) is 18.3 Å². The second-order valence-electron chi connectivity index (χ2n) is 5.92. The third kappa shape index (κ3) is 5.29.